The zero-order valence-corrected chi connectivity index (χ0v) is 14.7. The van der Waals surface area contributed by atoms with Crippen LogP contribution in [0.5, 0.6) is 0 Å². The summed E-state index contributed by atoms with van der Waals surface area (Å²) in [6.07, 6.45) is 3.11. The fourth-order valence-electron chi connectivity index (χ4n) is 2.22. The van der Waals surface area contributed by atoms with Gasteiger partial charge in [0.2, 0.25) is 0 Å². The van der Waals surface area contributed by atoms with Gasteiger partial charge in [-0.1, -0.05) is 25.3 Å². The van der Waals surface area contributed by atoms with E-state index >= 15 is 0 Å². The van der Waals surface area contributed by atoms with E-state index < -0.39 is 0 Å². The highest BCUT2D eigenvalue weighted by molar-refractivity contribution is 5.89. The topological polar surface area (TPSA) is 54.4 Å². The van der Waals surface area contributed by atoms with Crippen LogP contribution >= 0.6 is 0 Å². The van der Waals surface area contributed by atoms with Crippen molar-refractivity contribution in [1.29, 1.82) is 0 Å². The van der Waals surface area contributed by atoms with E-state index in [2.05, 4.69) is 18.2 Å². The van der Waals surface area contributed by atoms with Crippen LogP contribution < -0.4 is 0 Å². The zero-order chi connectivity index (χ0) is 18.1. The highest BCUT2D eigenvalue weighted by Gasteiger charge is 2.19. The molecule has 0 saturated carbocycles. The van der Waals surface area contributed by atoms with Gasteiger partial charge >= 0.3 is 5.97 Å². The van der Waals surface area contributed by atoms with Gasteiger partial charge in [-0.2, -0.15) is 0 Å². The molecule has 1 rings (SSSR count). The number of carbonyl (C=O) groups is 1. The molecule has 0 aliphatic rings. The third-order valence-electron chi connectivity index (χ3n) is 3.67. The van der Waals surface area contributed by atoms with Crippen molar-refractivity contribution in [3.63, 3.8) is 0 Å². The number of aliphatic imine (C=N–C) groups is 1. The van der Waals surface area contributed by atoms with Crippen molar-refractivity contribution in [3.05, 3.63) is 61.0 Å². The lowest BCUT2D eigenvalue weighted by Gasteiger charge is -2.35. The molecule has 130 valence electrons. The van der Waals surface area contributed by atoms with Crippen LogP contribution in [0.2, 0.25) is 0 Å². The van der Waals surface area contributed by atoms with Gasteiger partial charge in [0, 0.05) is 19.8 Å². The molecule has 0 saturated heterocycles. The number of benzene rings is 1. The second-order valence-electron chi connectivity index (χ2n) is 5.09. The van der Waals surface area contributed by atoms with Crippen LogP contribution in [0.4, 0.5) is 0 Å². The normalized spacial score (nSPS) is 12.1. The number of ether oxygens (including phenoxy) is 2. The zero-order valence-electron chi connectivity index (χ0n) is 14.7. The van der Waals surface area contributed by atoms with Crippen LogP contribution in [0, 0.1) is 0 Å². The minimum Gasteiger partial charge on any atom is -0.468 e. The third kappa shape index (κ3) is 4.87. The minimum absolute atomic E-state index is 0.0667. The Balaban J connectivity index is 2.94. The highest BCUT2D eigenvalue weighted by Crippen LogP contribution is 2.14. The van der Waals surface area contributed by atoms with Crippen molar-refractivity contribution >= 4 is 12.0 Å². The first-order valence-electron chi connectivity index (χ1n) is 7.49. The van der Waals surface area contributed by atoms with Gasteiger partial charge < -0.3 is 19.3 Å². The lowest BCUT2D eigenvalue weighted by molar-refractivity contribution is 0.0600. The summed E-state index contributed by atoms with van der Waals surface area (Å²) in [5.74, 6) is -0.355. The maximum atomic E-state index is 11.7. The Labute approximate surface area is 143 Å². The number of methoxy groups -OCH3 is 2. The van der Waals surface area contributed by atoms with Crippen molar-refractivity contribution in [2.45, 2.75) is 19.6 Å². The van der Waals surface area contributed by atoms with Gasteiger partial charge in [-0.3, -0.25) is 0 Å². The molecule has 0 aromatic heterocycles. The summed E-state index contributed by atoms with van der Waals surface area (Å²) in [4.78, 5) is 19.6. The number of rotatable bonds is 7. The van der Waals surface area contributed by atoms with Crippen LogP contribution in [0.3, 0.4) is 0 Å². The Morgan fingerprint density at radius 1 is 1.33 bits per heavy atom. The average molecular weight is 331 g/mol. The molecule has 0 N–H and O–H groups in total. The second-order valence-corrected chi connectivity index (χ2v) is 5.09. The Morgan fingerprint density at radius 3 is 2.58 bits per heavy atom. The summed E-state index contributed by atoms with van der Waals surface area (Å²) in [6, 6.07) is 7.77. The van der Waals surface area contributed by atoms with E-state index in [0.717, 1.165) is 5.56 Å². The molecular weight excluding hydrogens is 306 g/mol. The van der Waals surface area contributed by atoms with Crippen molar-refractivity contribution < 1.29 is 14.3 Å². The summed E-state index contributed by atoms with van der Waals surface area (Å²) < 4.78 is 10.0. The number of esters is 1. The first-order valence-corrected chi connectivity index (χ1v) is 7.49. The Kier molecular flexibility index (Phi) is 7.55. The van der Waals surface area contributed by atoms with E-state index in [1.165, 1.54) is 13.3 Å². The maximum absolute atomic E-state index is 11.7. The predicted octanol–water partition coefficient (Wildman–Crippen LogP) is 2.84. The molecule has 1 atom stereocenters. The van der Waals surface area contributed by atoms with Crippen molar-refractivity contribution in [1.82, 2.24) is 9.80 Å². The molecule has 24 heavy (non-hydrogen) atoms. The van der Waals surface area contributed by atoms with Gasteiger partial charge in [0.15, 0.2) is 0 Å². The van der Waals surface area contributed by atoms with E-state index in [1.807, 2.05) is 42.0 Å². The number of hydrogen-bond acceptors (Lipinski definition) is 5. The Hall–Kier alpha value is -2.76. The van der Waals surface area contributed by atoms with E-state index in [-0.39, 0.29) is 12.1 Å². The van der Waals surface area contributed by atoms with Gasteiger partial charge in [-0.25, -0.2) is 9.79 Å². The van der Waals surface area contributed by atoms with Crippen LogP contribution in [0.15, 0.2) is 54.8 Å². The Bertz CT molecular complexity index is 613. The molecule has 0 aliphatic heterocycles. The maximum Gasteiger partial charge on any atom is 0.337 e. The molecule has 0 amide bonds. The molecule has 6 nitrogen and oxygen atoms in total. The van der Waals surface area contributed by atoms with Crippen molar-refractivity contribution in [2.24, 2.45) is 4.99 Å². The van der Waals surface area contributed by atoms with Crippen LogP contribution in [0.25, 0.3) is 0 Å². The van der Waals surface area contributed by atoms with Crippen LogP contribution in [-0.2, 0) is 16.0 Å². The van der Waals surface area contributed by atoms with Gasteiger partial charge in [0.05, 0.1) is 19.8 Å². The molecule has 1 unspecified atom stereocenters. The first kappa shape index (κ1) is 19.3. The molecule has 0 heterocycles. The molecule has 1 aromatic rings. The molecule has 0 aliphatic carbocycles. The fraction of sp³-hybridized carbons (Fsp3) is 0.333. The first-order chi connectivity index (χ1) is 11.5. The molecule has 0 bridgehead atoms. The second kappa shape index (κ2) is 9.39. The summed E-state index contributed by atoms with van der Waals surface area (Å²) >= 11 is 0. The highest BCUT2D eigenvalue weighted by atomic mass is 16.5. The van der Waals surface area contributed by atoms with Crippen LogP contribution in [0.1, 0.15) is 22.8 Å². The predicted molar refractivity (Wildman–Crippen MR) is 95.4 cm³/mol. The Morgan fingerprint density at radius 2 is 2.04 bits per heavy atom. The van der Waals surface area contributed by atoms with Crippen LogP contribution in [-0.4, -0.2) is 49.2 Å². The standard InChI is InChI=1S/C18H25N3O3/c1-7-19-18(24-6)20(4)14(3)21(8-2)13-15-10-9-11-16(12-15)17(22)23-5/h7-12,14H,1-2,13H2,3-6H3/b19-18+. The minimum atomic E-state index is -0.355. The van der Waals surface area contributed by atoms with E-state index in [9.17, 15) is 4.79 Å². The molecule has 0 radical (unpaired) electrons. The smallest absolute Gasteiger partial charge is 0.337 e. The average Bonchev–Trinajstić information content (AvgIpc) is 2.62. The van der Waals surface area contributed by atoms with E-state index in [0.29, 0.717) is 18.1 Å². The molecule has 1 aromatic carbocycles. The monoisotopic (exact) mass is 331 g/mol. The quantitative estimate of drug-likeness (QED) is 0.333. The van der Waals surface area contributed by atoms with E-state index in [4.69, 9.17) is 9.47 Å². The molecule has 0 fully saturated rings. The summed E-state index contributed by atoms with van der Waals surface area (Å²) in [7, 11) is 4.80. The number of hydrogen-bond donors (Lipinski definition) is 0. The lowest BCUT2D eigenvalue weighted by atomic mass is 10.1. The van der Waals surface area contributed by atoms with Crippen molar-refractivity contribution in [3.8, 4) is 0 Å². The van der Waals surface area contributed by atoms with Crippen molar-refractivity contribution in [2.75, 3.05) is 21.3 Å². The fourth-order valence-corrected chi connectivity index (χ4v) is 2.22. The third-order valence-corrected chi connectivity index (χ3v) is 3.67. The number of carbonyl (C=O) groups excluding carboxylic acids is 1. The van der Waals surface area contributed by atoms with Gasteiger partial charge in [-0.15, -0.1) is 0 Å². The summed E-state index contributed by atoms with van der Waals surface area (Å²) in [6.45, 7) is 10.0. The van der Waals surface area contributed by atoms with E-state index in [1.54, 1.807) is 19.4 Å². The van der Waals surface area contributed by atoms with Gasteiger partial charge in [0.1, 0.15) is 6.17 Å². The molecule has 6 heteroatoms. The summed E-state index contributed by atoms with van der Waals surface area (Å²) in [5, 5.41) is 0. The summed E-state index contributed by atoms with van der Waals surface area (Å²) in [5.41, 5.74) is 1.49. The largest absolute Gasteiger partial charge is 0.468 e. The molecular formula is C18H25N3O3. The number of amidine groups is 1. The van der Waals surface area contributed by atoms with Gasteiger partial charge in [-0.05, 0) is 30.8 Å². The lowest BCUT2D eigenvalue weighted by Crippen LogP contribution is -2.45. The van der Waals surface area contributed by atoms with Gasteiger partial charge in [0.25, 0.3) is 6.02 Å². The number of nitrogens with zero attached hydrogens (tertiary/aromatic N) is 3. The molecule has 0 spiro atoms. The SMILES string of the molecule is C=C/N=C(/OC)N(C)C(C)N(C=C)Cc1cccc(C(=O)OC)c1.